The van der Waals surface area contributed by atoms with Gasteiger partial charge >= 0.3 is 0 Å². The van der Waals surface area contributed by atoms with Gasteiger partial charge in [0.05, 0.1) is 19.2 Å². The second-order valence-corrected chi connectivity index (χ2v) is 7.13. The molecule has 1 heterocycles. The van der Waals surface area contributed by atoms with Crippen molar-refractivity contribution in [2.24, 2.45) is 0 Å². The van der Waals surface area contributed by atoms with E-state index in [1.165, 1.54) is 37.7 Å². The van der Waals surface area contributed by atoms with E-state index in [0.717, 1.165) is 11.3 Å². The lowest BCUT2D eigenvalue weighted by atomic mass is 9.95. The number of Topliss-reactive ketones (excluding diaryl/α,β-unsaturated/α-hetero) is 1. The molecule has 0 N–H and O–H groups in total. The summed E-state index contributed by atoms with van der Waals surface area (Å²) in [5.74, 6) is 1.03. The van der Waals surface area contributed by atoms with Crippen LogP contribution in [0.4, 0.5) is 0 Å². The summed E-state index contributed by atoms with van der Waals surface area (Å²) in [6.45, 7) is 0. The lowest BCUT2D eigenvalue weighted by Crippen LogP contribution is -2.26. The zero-order valence-corrected chi connectivity index (χ0v) is 14.7. The summed E-state index contributed by atoms with van der Waals surface area (Å²) in [7, 11) is 1.65. The third-order valence-corrected chi connectivity index (χ3v) is 5.63. The third kappa shape index (κ3) is 3.21. The average Bonchev–Trinajstić information content (AvgIpc) is 3.44. The zero-order valence-electron chi connectivity index (χ0n) is 14.7. The molecule has 25 heavy (non-hydrogen) atoms. The van der Waals surface area contributed by atoms with Gasteiger partial charge in [0.2, 0.25) is 0 Å². The minimum Gasteiger partial charge on any atom is -0.497 e. The van der Waals surface area contributed by atoms with Crippen molar-refractivity contribution in [1.82, 2.24) is 4.90 Å². The van der Waals surface area contributed by atoms with Crippen LogP contribution < -0.4 is 4.74 Å². The van der Waals surface area contributed by atoms with Crippen LogP contribution in [-0.2, 0) is 0 Å². The molecule has 1 saturated carbocycles. The Morgan fingerprint density at radius 3 is 2.28 bits per heavy atom. The molecular formula is C22H25NO2. The van der Waals surface area contributed by atoms with E-state index in [1.54, 1.807) is 7.11 Å². The molecule has 0 radical (unpaired) electrons. The van der Waals surface area contributed by atoms with E-state index in [-0.39, 0.29) is 17.9 Å². The van der Waals surface area contributed by atoms with Crippen LogP contribution in [0, 0.1) is 0 Å². The number of carbonyl (C=O) groups excluding carboxylic acids is 1. The maximum Gasteiger partial charge on any atom is 0.181 e. The fraction of sp³-hybridized carbons (Fsp3) is 0.409. The van der Waals surface area contributed by atoms with Gasteiger partial charge in [-0.3, -0.25) is 9.69 Å². The molecule has 0 aromatic heterocycles. The SMILES string of the molecule is COc1ccc(C(=O)[C@@H]2[C@H](c3ccccc3)N2C2CCCCC2)cc1. The molecule has 2 aromatic carbocycles. The van der Waals surface area contributed by atoms with Crippen LogP contribution in [0.2, 0.25) is 0 Å². The van der Waals surface area contributed by atoms with Crippen molar-refractivity contribution in [1.29, 1.82) is 0 Å². The molecule has 1 unspecified atom stereocenters. The molecule has 2 aliphatic rings. The van der Waals surface area contributed by atoms with Crippen molar-refractivity contribution in [3.8, 4) is 5.75 Å². The summed E-state index contributed by atoms with van der Waals surface area (Å²) < 4.78 is 5.21. The van der Waals surface area contributed by atoms with Gasteiger partial charge in [-0.2, -0.15) is 0 Å². The molecular weight excluding hydrogens is 310 g/mol. The van der Waals surface area contributed by atoms with Crippen LogP contribution >= 0.6 is 0 Å². The van der Waals surface area contributed by atoms with Gasteiger partial charge in [-0.25, -0.2) is 0 Å². The minimum absolute atomic E-state index is 0.0149. The summed E-state index contributed by atoms with van der Waals surface area (Å²) >= 11 is 0. The van der Waals surface area contributed by atoms with Crippen molar-refractivity contribution in [3.63, 3.8) is 0 Å². The van der Waals surface area contributed by atoms with Gasteiger partial charge in [0, 0.05) is 11.6 Å². The number of hydrogen-bond donors (Lipinski definition) is 0. The number of methoxy groups -OCH3 is 1. The van der Waals surface area contributed by atoms with Gasteiger partial charge in [0.1, 0.15) is 5.75 Å². The standard InChI is InChI=1S/C22H25NO2/c1-25-19-14-12-17(13-15-19)22(24)21-20(16-8-4-2-5-9-16)23(21)18-10-6-3-7-11-18/h2,4-5,8-9,12-15,18,20-21H,3,6-7,10-11H2,1H3/t20-,21-,23?/m0/s1. The fourth-order valence-electron chi connectivity index (χ4n) is 4.29. The number of hydrogen-bond acceptors (Lipinski definition) is 3. The topological polar surface area (TPSA) is 29.3 Å². The lowest BCUT2D eigenvalue weighted by molar-refractivity contribution is 0.0963. The number of rotatable bonds is 5. The van der Waals surface area contributed by atoms with E-state index in [9.17, 15) is 4.79 Å². The second kappa shape index (κ2) is 7.01. The summed E-state index contributed by atoms with van der Waals surface area (Å²) in [5, 5.41) is 0. The Bertz CT molecular complexity index is 719. The normalized spacial score (nSPS) is 26.2. The molecule has 0 spiro atoms. The van der Waals surface area contributed by atoms with Gasteiger partial charge in [0.15, 0.2) is 5.78 Å². The van der Waals surface area contributed by atoms with Gasteiger partial charge in [0.25, 0.3) is 0 Å². The summed E-state index contributed by atoms with van der Waals surface area (Å²) in [6.07, 6.45) is 6.33. The Labute approximate surface area is 149 Å². The van der Waals surface area contributed by atoms with Crippen molar-refractivity contribution in [2.75, 3.05) is 7.11 Å². The first-order valence-electron chi connectivity index (χ1n) is 9.30. The van der Waals surface area contributed by atoms with Crippen LogP contribution in [0.3, 0.4) is 0 Å². The molecule has 2 fully saturated rings. The highest BCUT2D eigenvalue weighted by molar-refractivity contribution is 6.02. The summed E-state index contributed by atoms with van der Waals surface area (Å²) in [4.78, 5) is 15.6. The van der Waals surface area contributed by atoms with Crippen molar-refractivity contribution in [2.45, 2.75) is 50.2 Å². The molecule has 3 atom stereocenters. The van der Waals surface area contributed by atoms with E-state index in [2.05, 4.69) is 29.2 Å². The van der Waals surface area contributed by atoms with Crippen LogP contribution in [0.1, 0.15) is 54.1 Å². The molecule has 1 saturated heterocycles. The van der Waals surface area contributed by atoms with Crippen molar-refractivity contribution >= 4 is 5.78 Å². The van der Waals surface area contributed by atoms with Gasteiger partial charge in [-0.05, 0) is 42.7 Å². The maximum atomic E-state index is 13.2. The van der Waals surface area contributed by atoms with Crippen LogP contribution in [0.15, 0.2) is 54.6 Å². The van der Waals surface area contributed by atoms with Crippen molar-refractivity contribution in [3.05, 3.63) is 65.7 Å². The molecule has 1 aliphatic carbocycles. The highest BCUT2D eigenvalue weighted by atomic mass is 16.5. The molecule has 4 rings (SSSR count). The number of nitrogens with zero attached hydrogens (tertiary/aromatic N) is 1. The molecule has 0 bridgehead atoms. The fourth-order valence-corrected chi connectivity index (χ4v) is 4.29. The number of benzene rings is 2. The highest BCUT2D eigenvalue weighted by Gasteiger charge is 2.55. The molecule has 1 aliphatic heterocycles. The second-order valence-electron chi connectivity index (χ2n) is 7.13. The van der Waals surface area contributed by atoms with Crippen molar-refractivity contribution < 1.29 is 9.53 Å². The molecule has 0 amide bonds. The predicted octanol–water partition coefficient (Wildman–Crippen LogP) is 4.64. The van der Waals surface area contributed by atoms with Gasteiger partial charge < -0.3 is 4.74 Å². The Hall–Kier alpha value is -2.13. The summed E-state index contributed by atoms with van der Waals surface area (Å²) in [6, 6.07) is 18.8. The maximum absolute atomic E-state index is 13.2. The third-order valence-electron chi connectivity index (χ3n) is 5.63. The summed E-state index contributed by atoms with van der Waals surface area (Å²) in [5.41, 5.74) is 2.05. The Morgan fingerprint density at radius 1 is 0.960 bits per heavy atom. The largest absolute Gasteiger partial charge is 0.497 e. The average molecular weight is 335 g/mol. The van der Waals surface area contributed by atoms with E-state index >= 15 is 0 Å². The minimum atomic E-state index is -0.0149. The lowest BCUT2D eigenvalue weighted by Gasteiger charge is -2.24. The highest BCUT2D eigenvalue weighted by Crippen LogP contribution is 2.49. The van der Waals surface area contributed by atoms with Gasteiger partial charge in [-0.15, -0.1) is 0 Å². The van der Waals surface area contributed by atoms with Crippen LogP contribution in [0.25, 0.3) is 0 Å². The zero-order chi connectivity index (χ0) is 17.2. The predicted molar refractivity (Wildman–Crippen MR) is 99.0 cm³/mol. The first kappa shape index (κ1) is 16.3. The smallest absolute Gasteiger partial charge is 0.181 e. The molecule has 3 heteroatoms. The Balaban J connectivity index is 1.59. The number of carbonyl (C=O) groups is 1. The first-order valence-corrected chi connectivity index (χ1v) is 9.30. The molecule has 3 nitrogen and oxygen atoms in total. The van der Waals surface area contributed by atoms with E-state index in [1.807, 2.05) is 30.3 Å². The van der Waals surface area contributed by atoms with E-state index in [0.29, 0.717) is 6.04 Å². The molecule has 130 valence electrons. The number of ketones is 1. The van der Waals surface area contributed by atoms with E-state index < -0.39 is 0 Å². The number of ether oxygens (including phenoxy) is 1. The quantitative estimate of drug-likeness (QED) is 0.589. The monoisotopic (exact) mass is 335 g/mol. The van der Waals surface area contributed by atoms with Gasteiger partial charge in [-0.1, -0.05) is 49.6 Å². The van der Waals surface area contributed by atoms with E-state index in [4.69, 9.17) is 4.74 Å². The Kier molecular flexibility index (Phi) is 4.58. The van der Waals surface area contributed by atoms with Crippen LogP contribution in [-0.4, -0.2) is 29.9 Å². The van der Waals surface area contributed by atoms with Crippen LogP contribution in [0.5, 0.6) is 5.75 Å². The Morgan fingerprint density at radius 2 is 1.64 bits per heavy atom. The first-order chi connectivity index (χ1) is 12.3. The molecule has 2 aromatic rings.